The average molecular weight is 382 g/mol. The molecule has 0 atom stereocenters. The van der Waals surface area contributed by atoms with Crippen LogP contribution >= 0.6 is 0 Å². The predicted octanol–water partition coefficient (Wildman–Crippen LogP) is 2.38. The number of ether oxygens (including phenoxy) is 1. The van der Waals surface area contributed by atoms with Crippen molar-refractivity contribution in [3.05, 3.63) is 65.4 Å². The Kier molecular flexibility index (Phi) is 4.70. The monoisotopic (exact) mass is 382 g/mol. The fraction of sp³-hybridized carbons (Fsp3) is 0.190. The van der Waals surface area contributed by atoms with E-state index in [1.807, 2.05) is 0 Å². The van der Waals surface area contributed by atoms with E-state index in [4.69, 9.17) is 18.3 Å². The summed E-state index contributed by atoms with van der Waals surface area (Å²) in [5.41, 5.74) is 6.06. The van der Waals surface area contributed by atoms with Crippen LogP contribution in [0.25, 0.3) is 10.9 Å². The number of hydrogen-bond donors (Lipinski definition) is 2. The van der Waals surface area contributed by atoms with Crippen molar-refractivity contribution in [2.45, 2.75) is 19.8 Å². The van der Waals surface area contributed by atoms with Crippen LogP contribution in [0, 0.1) is 0 Å². The zero-order valence-electron chi connectivity index (χ0n) is 17.1. The Morgan fingerprint density at radius 3 is 2.46 bits per heavy atom. The molecule has 1 amide bonds. The molecule has 0 aliphatic rings. The van der Waals surface area contributed by atoms with Gasteiger partial charge < -0.3 is 20.1 Å². The Bertz CT molecular complexity index is 1140. The quantitative estimate of drug-likeness (QED) is 0.459. The molecule has 7 heteroatoms. The van der Waals surface area contributed by atoms with Gasteiger partial charge in [-0.15, -0.1) is 0 Å². The zero-order valence-corrected chi connectivity index (χ0v) is 15.1. The second kappa shape index (κ2) is 7.96. The van der Waals surface area contributed by atoms with E-state index in [0.29, 0.717) is 5.56 Å². The van der Waals surface area contributed by atoms with E-state index in [1.165, 1.54) is 10.6 Å². The molecule has 28 heavy (non-hydrogen) atoms. The number of fused-ring (bicyclic) bond motifs is 1. The summed E-state index contributed by atoms with van der Waals surface area (Å²) in [6.07, 6.45) is 0.216. The maximum Gasteiger partial charge on any atom is 0.341 e. The molecule has 3 N–H and O–H groups in total. The normalized spacial score (nSPS) is 12.3. The van der Waals surface area contributed by atoms with Crippen LogP contribution in [0.4, 0.5) is 0 Å². The van der Waals surface area contributed by atoms with Crippen LogP contribution in [0.1, 0.15) is 31.3 Å². The molecular weight excluding hydrogens is 360 g/mol. The molecular formula is C21H20N2O5. The fourth-order valence-corrected chi connectivity index (χ4v) is 3.09. The van der Waals surface area contributed by atoms with Gasteiger partial charge in [-0.3, -0.25) is 9.59 Å². The number of rotatable bonds is 8. The maximum atomic E-state index is 12.7. The molecule has 0 aliphatic heterocycles. The largest absolute Gasteiger partial charge is 0.481 e. The number of carbonyl (C=O) groups excluding carboxylic acids is 2. The Balaban J connectivity index is 2.41. The lowest BCUT2D eigenvalue weighted by Crippen LogP contribution is -2.24. The van der Waals surface area contributed by atoms with Crippen LogP contribution in [-0.4, -0.2) is 33.9 Å². The van der Waals surface area contributed by atoms with E-state index in [9.17, 15) is 14.4 Å². The summed E-state index contributed by atoms with van der Waals surface area (Å²) in [7, 11) is 0. The number of carbonyl (C=O) groups is 3. The molecule has 2 aromatic carbocycles. The summed E-state index contributed by atoms with van der Waals surface area (Å²) < 4.78 is 24.3. The summed E-state index contributed by atoms with van der Waals surface area (Å²) in [4.78, 5) is 35.5. The summed E-state index contributed by atoms with van der Waals surface area (Å²) in [6.45, 7) is -1.02. The summed E-state index contributed by atoms with van der Waals surface area (Å²) in [5.74, 6) is -3.36. The summed E-state index contributed by atoms with van der Waals surface area (Å²) >= 11 is 0. The minimum Gasteiger partial charge on any atom is -0.481 e. The molecule has 7 nitrogen and oxygen atoms in total. The highest BCUT2D eigenvalue weighted by molar-refractivity contribution is 6.45. The van der Waals surface area contributed by atoms with Gasteiger partial charge in [0.05, 0.1) is 19.2 Å². The molecule has 1 aromatic heterocycles. The highest BCUT2D eigenvalue weighted by atomic mass is 16.5. The van der Waals surface area contributed by atoms with Crippen molar-refractivity contribution in [1.29, 1.82) is 0 Å². The molecule has 3 rings (SSSR count). The second-order valence-electron chi connectivity index (χ2n) is 6.01. The van der Waals surface area contributed by atoms with Crippen molar-refractivity contribution in [3.63, 3.8) is 0 Å². The van der Waals surface area contributed by atoms with Crippen LogP contribution in [0.15, 0.2) is 48.5 Å². The molecule has 0 unspecified atom stereocenters. The third kappa shape index (κ3) is 3.59. The SMILES string of the molecule is [2H]C([2H])(c1ccccc1)n1c(CC)c(C(=O)C(N)=O)c2c(OCC(=O)O)cccc21. The first-order valence-electron chi connectivity index (χ1n) is 9.61. The van der Waals surface area contributed by atoms with Crippen LogP contribution in [0.3, 0.4) is 0 Å². The van der Waals surface area contributed by atoms with Gasteiger partial charge in [-0.1, -0.05) is 43.3 Å². The molecule has 0 saturated heterocycles. The number of carboxylic acids is 1. The van der Waals surface area contributed by atoms with Gasteiger partial charge in [0, 0.05) is 12.2 Å². The topological polar surface area (TPSA) is 112 Å². The number of ketones is 1. The first kappa shape index (κ1) is 16.6. The molecule has 1 heterocycles. The molecule has 3 aromatic rings. The van der Waals surface area contributed by atoms with E-state index < -0.39 is 30.8 Å². The van der Waals surface area contributed by atoms with Crippen LogP contribution in [0.2, 0.25) is 0 Å². The number of primary amides is 1. The second-order valence-corrected chi connectivity index (χ2v) is 6.01. The van der Waals surface area contributed by atoms with Crippen molar-refractivity contribution < 1.29 is 27.0 Å². The minimum absolute atomic E-state index is 0.0526. The maximum absolute atomic E-state index is 12.7. The van der Waals surface area contributed by atoms with Gasteiger partial charge in [0.15, 0.2) is 6.61 Å². The lowest BCUT2D eigenvalue weighted by Gasteiger charge is -2.11. The van der Waals surface area contributed by atoms with Gasteiger partial charge in [0.2, 0.25) is 0 Å². The molecule has 0 fully saturated rings. The number of amides is 1. The molecule has 0 radical (unpaired) electrons. The third-order valence-corrected chi connectivity index (χ3v) is 4.21. The van der Waals surface area contributed by atoms with Gasteiger partial charge in [0.25, 0.3) is 11.7 Å². The van der Waals surface area contributed by atoms with Crippen molar-refractivity contribution in [3.8, 4) is 5.75 Å². The molecule has 0 saturated carbocycles. The standard InChI is InChI=1S/C21H20N2O5/c1-2-14-19(20(26)21(22)27)18-15(9-6-10-16(18)28-12-17(24)25)23(14)11-13-7-4-3-5-8-13/h3-10H,2,11-12H2,1H3,(H2,22,27)(H,24,25)/i11D2. The number of nitrogens with two attached hydrogens (primary N) is 1. The lowest BCUT2D eigenvalue weighted by atomic mass is 10.0. The summed E-state index contributed by atoms with van der Waals surface area (Å²) in [5, 5.41) is 9.12. The minimum atomic E-state index is -2.08. The number of aromatic nitrogens is 1. The molecule has 0 spiro atoms. The highest BCUT2D eigenvalue weighted by Crippen LogP contribution is 2.35. The van der Waals surface area contributed by atoms with E-state index in [2.05, 4.69) is 0 Å². The van der Waals surface area contributed by atoms with Gasteiger partial charge in [-0.2, -0.15) is 0 Å². The van der Waals surface area contributed by atoms with Crippen LogP contribution in [0.5, 0.6) is 5.75 Å². The van der Waals surface area contributed by atoms with E-state index in [1.54, 1.807) is 49.4 Å². The predicted molar refractivity (Wildman–Crippen MR) is 104 cm³/mol. The Morgan fingerprint density at radius 2 is 1.86 bits per heavy atom. The van der Waals surface area contributed by atoms with Crippen LogP contribution in [-0.2, 0) is 22.5 Å². The van der Waals surface area contributed by atoms with Crippen LogP contribution < -0.4 is 10.5 Å². The molecule has 0 aliphatic carbocycles. The Morgan fingerprint density at radius 1 is 1.14 bits per heavy atom. The average Bonchev–Trinajstić information content (AvgIpc) is 3.07. The van der Waals surface area contributed by atoms with Gasteiger partial charge in [-0.25, -0.2) is 4.79 Å². The number of nitrogens with zero attached hydrogens (tertiary/aromatic N) is 1. The van der Waals surface area contributed by atoms with E-state index in [-0.39, 0.29) is 34.3 Å². The smallest absolute Gasteiger partial charge is 0.341 e. The number of carboxylic acid groups (broad SMARTS) is 1. The molecule has 144 valence electrons. The Hall–Kier alpha value is -3.61. The van der Waals surface area contributed by atoms with E-state index in [0.717, 1.165) is 0 Å². The third-order valence-electron chi connectivity index (χ3n) is 4.21. The zero-order chi connectivity index (χ0) is 22.1. The van der Waals surface area contributed by atoms with E-state index >= 15 is 0 Å². The first-order valence-corrected chi connectivity index (χ1v) is 8.61. The van der Waals surface area contributed by atoms with Gasteiger partial charge >= 0.3 is 5.97 Å². The van der Waals surface area contributed by atoms with Crippen molar-refractivity contribution >= 4 is 28.6 Å². The van der Waals surface area contributed by atoms with Crippen molar-refractivity contribution in [1.82, 2.24) is 4.57 Å². The number of benzene rings is 2. The lowest BCUT2D eigenvalue weighted by molar-refractivity contribution is -0.139. The summed E-state index contributed by atoms with van der Waals surface area (Å²) in [6, 6.07) is 13.0. The van der Waals surface area contributed by atoms with Crippen molar-refractivity contribution in [2.24, 2.45) is 5.73 Å². The number of hydrogen-bond acceptors (Lipinski definition) is 4. The highest BCUT2D eigenvalue weighted by Gasteiger charge is 2.27. The number of Topliss-reactive ketones (excluding diaryl/α,β-unsaturated/α-hetero) is 1. The Labute approximate surface area is 164 Å². The van der Waals surface area contributed by atoms with Gasteiger partial charge in [0.1, 0.15) is 5.75 Å². The van der Waals surface area contributed by atoms with Gasteiger partial charge in [-0.05, 0) is 24.1 Å². The fourth-order valence-electron chi connectivity index (χ4n) is 3.09. The number of aliphatic carboxylic acids is 1. The first-order chi connectivity index (χ1) is 14.2. The van der Waals surface area contributed by atoms with Crippen molar-refractivity contribution in [2.75, 3.05) is 6.61 Å². The molecule has 0 bridgehead atoms.